The van der Waals surface area contributed by atoms with Crippen molar-refractivity contribution in [2.75, 3.05) is 0 Å². The maximum absolute atomic E-state index is 13.6. The largest absolute Gasteiger partial charge is 1.00 e. The number of hydrogen-bond acceptors (Lipinski definition) is 16. The van der Waals surface area contributed by atoms with E-state index in [1.807, 2.05) is 0 Å². The molecule has 284 valence electrons. The number of aryl methyl sites for hydroxylation is 2. The van der Waals surface area contributed by atoms with Gasteiger partial charge in [0, 0.05) is 24.2 Å². The van der Waals surface area contributed by atoms with Crippen molar-refractivity contribution in [1.82, 2.24) is 9.13 Å². The van der Waals surface area contributed by atoms with E-state index < -0.39 is 64.5 Å². The van der Waals surface area contributed by atoms with Gasteiger partial charge < -0.3 is 19.3 Å². The number of hydrogen-bond donors (Lipinski definition) is 2. The number of aromatic hydroxyl groups is 2. The molecule has 18 nitrogen and oxygen atoms in total. The molecular weight excluding hydrogens is 803 g/mol. The number of rotatable bonds is 12. The van der Waals surface area contributed by atoms with Gasteiger partial charge in [0.1, 0.15) is 0 Å². The molecule has 0 radical (unpaired) electrons. The minimum Gasteiger partial charge on any atom is -0.748 e. The fourth-order valence-corrected chi connectivity index (χ4v) is 8.22. The van der Waals surface area contributed by atoms with Crippen molar-refractivity contribution in [2.45, 2.75) is 75.9 Å². The summed E-state index contributed by atoms with van der Waals surface area (Å²) in [5.41, 5.74) is -1.96. The van der Waals surface area contributed by atoms with Crippen LogP contribution < -0.4 is 70.2 Å². The van der Waals surface area contributed by atoms with E-state index in [0.717, 1.165) is 9.13 Å². The van der Waals surface area contributed by atoms with Gasteiger partial charge in [0.05, 0.1) is 52.9 Å². The van der Waals surface area contributed by atoms with Gasteiger partial charge in [-0.1, -0.05) is 0 Å². The van der Waals surface area contributed by atoms with Gasteiger partial charge in [-0.2, -0.15) is 10.2 Å². The smallest absolute Gasteiger partial charge is 0.748 e. The number of aromatic nitrogens is 2. The summed E-state index contributed by atoms with van der Waals surface area (Å²) in [5, 5.41) is 36.9. The molecule has 0 spiro atoms. The molecule has 0 amide bonds. The summed E-state index contributed by atoms with van der Waals surface area (Å²) in [6.45, 7) is 8.61. The van der Waals surface area contributed by atoms with Gasteiger partial charge in [-0.15, -0.1) is 10.2 Å². The Labute approximate surface area is 361 Å². The number of azo groups is 2. The van der Waals surface area contributed by atoms with Crippen LogP contribution >= 0.6 is 0 Å². The Morgan fingerprint density at radius 1 is 0.600 bits per heavy atom. The predicted molar refractivity (Wildman–Crippen MR) is 189 cm³/mol. The van der Waals surface area contributed by atoms with E-state index in [2.05, 4.69) is 20.5 Å². The molecule has 4 rings (SSSR count). The van der Waals surface area contributed by atoms with E-state index in [4.69, 9.17) is 0 Å². The van der Waals surface area contributed by atoms with Gasteiger partial charge in [-0.05, 0) is 100 Å². The van der Waals surface area contributed by atoms with Crippen LogP contribution in [-0.4, -0.2) is 53.7 Å². The first-order valence-corrected chi connectivity index (χ1v) is 20.2. The first kappa shape index (κ1) is 48.1. The minimum atomic E-state index is -4.84. The molecule has 0 saturated carbocycles. The number of sulfone groups is 1. The molecule has 2 aromatic heterocycles. The summed E-state index contributed by atoms with van der Waals surface area (Å²) in [4.78, 5) is 25.7. The summed E-state index contributed by atoms with van der Waals surface area (Å²) in [6, 6.07) is 7.84. The molecule has 55 heavy (non-hydrogen) atoms. The SMILES string of the molecule is CCn1c(O)c(CS(=O)(=O)[O-])c(C)c(N=Nc2ccc(S(=O)(=O)c3ccc(N=Nc4c(C)c(CS(=O)(=O)[O-])c(O)n(CC)c4=O)c(C)c3)cc2C)c1=O.[Na+].[Na+]. The molecule has 0 aliphatic carbocycles. The summed E-state index contributed by atoms with van der Waals surface area (Å²) < 4.78 is 97.6. The third-order valence-corrected chi connectivity index (χ3v) is 11.3. The molecule has 0 fully saturated rings. The Balaban J connectivity index is 0.00000523. The molecule has 0 saturated heterocycles. The second-order valence-corrected chi connectivity index (χ2v) is 16.6. The molecule has 2 aromatic carbocycles. The summed E-state index contributed by atoms with van der Waals surface area (Å²) in [6.07, 6.45) is 0. The van der Waals surface area contributed by atoms with Crippen molar-refractivity contribution < 1.29 is 104 Å². The Hall–Kier alpha value is -3.09. The quantitative estimate of drug-likeness (QED) is 0.0933. The topological polar surface area (TPSA) is 282 Å². The third-order valence-electron chi connectivity index (χ3n) is 8.31. The summed E-state index contributed by atoms with van der Waals surface area (Å²) >= 11 is 0. The van der Waals surface area contributed by atoms with Gasteiger partial charge in [0.25, 0.3) is 11.1 Å². The maximum atomic E-state index is 13.6. The van der Waals surface area contributed by atoms with E-state index in [1.165, 1.54) is 64.1 Å². The molecule has 0 atom stereocenters. The van der Waals surface area contributed by atoms with Crippen molar-refractivity contribution in [3.63, 3.8) is 0 Å². The standard InChI is InChI=1S/C32H36N6O12S3.2Na/c1-7-37-29(39)23(15-51(43,44)45)19(5)27(31(37)41)35-33-25-11-9-21(13-17(25)3)53(49,50)22-10-12-26(18(4)14-22)34-36-28-20(6)24(16-52(46,47)48)30(40)38(8-2)32(28)42;;/h9-14,39-40H,7-8,15-16H2,1-6H3,(H,43,44,45)(H,46,47,48);;/q;2*+1/p-2. The van der Waals surface area contributed by atoms with Crippen LogP contribution in [0.5, 0.6) is 11.8 Å². The van der Waals surface area contributed by atoms with Gasteiger partial charge >= 0.3 is 59.1 Å². The molecule has 0 unspecified atom stereocenters. The zero-order chi connectivity index (χ0) is 39.8. The molecular formula is C32H34N6Na2O12S3. The normalized spacial score (nSPS) is 12.2. The monoisotopic (exact) mass is 836 g/mol. The van der Waals surface area contributed by atoms with Crippen molar-refractivity contribution >= 4 is 52.8 Å². The van der Waals surface area contributed by atoms with E-state index >= 15 is 0 Å². The zero-order valence-corrected chi connectivity index (χ0v) is 37.6. The third kappa shape index (κ3) is 10.7. The number of nitrogens with zero attached hydrogens (tertiary/aromatic N) is 6. The summed E-state index contributed by atoms with van der Waals surface area (Å²) in [5.74, 6) is -3.52. The molecule has 4 aromatic rings. The second kappa shape index (κ2) is 18.4. The summed E-state index contributed by atoms with van der Waals surface area (Å²) in [7, 11) is -13.8. The van der Waals surface area contributed by atoms with Crippen LogP contribution in [0.2, 0.25) is 0 Å². The van der Waals surface area contributed by atoms with Gasteiger partial charge in [0.15, 0.2) is 23.1 Å². The van der Waals surface area contributed by atoms with Crippen LogP contribution in [0.15, 0.2) is 76.2 Å². The van der Waals surface area contributed by atoms with Gasteiger partial charge in [0.2, 0.25) is 9.84 Å². The molecule has 2 N–H and O–H groups in total. The van der Waals surface area contributed by atoms with Crippen LogP contribution in [0.4, 0.5) is 22.7 Å². The molecule has 23 heteroatoms. The van der Waals surface area contributed by atoms with Gasteiger partial charge in [-0.3, -0.25) is 18.7 Å². The van der Waals surface area contributed by atoms with Crippen molar-refractivity contribution in [3.8, 4) is 11.8 Å². The molecule has 2 heterocycles. The van der Waals surface area contributed by atoms with Gasteiger partial charge in [-0.25, -0.2) is 25.3 Å². The Morgan fingerprint density at radius 3 is 1.20 bits per heavy atom. The van der Waals surface area contributed by atoms with E-state index in [0.29, 0.717) is 11.1 Å². The molecule has 0 aliphatic rings. The number of benzene rings is 2. The fourth-order valence-electron chi connectivity index (χ4n) is 5.40. The number of pyridine rings is 2. The second-order valence-electron chi connectivity index (χ2n) is 11.9. The predicted octanol–water partition coefficient (Wildman–Crippen LogP) is -1.54. The van der Waals surface area contributed by atoms with Crippen LogP contribution in [-0.2, 0) is 54.7 Å². The van der Waals surface area contributed by atoms with Crippen LogP contribution in [0.25, 0.3) is 0 Å². The first-order chi connectivity index (χ1) is 24.5. The van der Waals surface area contributed by atoms with E-state index in [1.54, 1.807) is 13.8 Å². The molecule has 0 bridgehead atoms. The van der Waals surface area contributed by atoms with Crippen LogP contribution in [0.3, 0.4) is 0 Å². The fraction of sp³-hybridized carbons (Fsp3) is 0.312. The van der Waals surface area contributed by atoms with E-state index in [9.17, 15) is 54.2 Å². The van der Waals surface area contributed by atoms with Crippen LogP contribution in [0, 0.1) is 27.7 Å². The maximum Gasteiger partial charge on any atom is 1.00 e. The Morgan fingerprint density at radius 2 is 0.927 bits per heavy atom. The van der Waals surface area contributed by atoms with Crippen LogP contribution in [0.1, 0.15) is 47.2 Å². The van der Waals surface area contributed by atoms with Crippen molar-refractivity contribution in [2.24, 2.45) is 20.5 Å². The average Bonchev–Trinajstić information content (AvgIpc) is 3.05. The van der Waals surface area contributed by atoms with E-state index in [-0.39, 0.29) is 127 Å². The Kier molecular flexibility index (Phi) is 16.1. The zero-order valence-electron chi connectivity index (χ0n) is 31.2. The minimum absolute atomic E-state index is 0. The Bertz CT molecular complexity index is 2500. The van der Waals surface area contributed by atoms with Crippen molar-refractivity contribution in [1.29, 1.82) is 0 Å². The average molecular weight is 837 g/mol. The molecule has 0 aliphatic heterocycles. The van der Waals surface area contributed by atoms with Crippen molar-refractivity contribution in [3.05, 3.63) is 90.5 Å². The first-order valence-electron chi connectivity index (χ1n) is 15.6.